The third kappa shape index (κ3) is 5.74. The Labute approximate surface area is 237 Å². The molecule has 40 heavy (non-hydrogen) atoms. The first-order valence-corrected chi connectivity index (χ1v) is 14.3. The molecule has 0 amide bonds. The Morgan fingerprint density at radius 2 is 1.62 bits per heavy atom. The van der Waals surface area contributed by atoms with Crippen molar-refractivity contribution in [2.75, 3.05) is 20.3 Å². The van der Waals surface area contributed by atoms with Crippen LogP contribution >= 0.6 is 0 Å². The first kappa shape index (κ1) is 29.6. The topological polar surface area (TPSA) is 93.1 Å². The van der Waals surface area contributed by atoms with Gasteiger partial charge in [-0.05, 0) is 48.1 Å². The van der Waals surface area contributed by atoms with Crippen molar-refractivity contribution in [2.45, 2.75) is 85.5 Å². The summed E-state index contributed by atoms with van der Waals surface area (Å²) in [5.74, 6) is -0.214. The maximum atomic E-state index is 14.0. The van der Waals surface area contributed by atoms with Crippen molar-refractivity contribution in [1.82, 2.24) is 4.90 Å². The fourth-order valence-electron chi connectivity index (χ4n) is 6.54. The van der Waals surface area contributed by atoms with Gasteiger partial charge in [0.15, 0.2) is 23.1 Å². The van der Waals surface area contributed by atoms with Gasteiger partial charge in [-0.15, -0.1) is 6.58 Å². The molecule has 1 heterocycles. The molecule has 1 aliphatic heterocycles. The van der Waals surface area contributed by atoms with Crippen LogP contribution in [0.5, 0.6) is 11.5 Å². The Morgan fingerprint density at radius 1 is 1.05 bits per heavy atom. The van der Waals surface area contributed by atoms with Gasteiger partial charge in [-0.2, -0.15) is 0 Å². The molecule has 3 aliphatic rings. The van der Waals surface area contributed by atoms with Crippen LogP contribution < -0.4 is 9.47 Å². The zero-order valence-corrected chi connectivity index (χ0v) is 24.8. The molecule has 0 radical (unpaired) electrons. The summed E-state index contributed by atoms with van der Waals surface area (Å²) in [7, 11) is 1.60. The van der Waals surface area contributed by atoms with Gasteiger partial charge in [-0.25, -0.2) is 0 Å². The van der Waals surface area contributed by atoms with Crippen LogP contribution in [0, 0.1) is 10.8 Å². The van der Waals surface area contributed by atoms with E-state index < -0.39 is 11.9 Å². The largest absolute Gasteiger partial charge is 0.493 e. The second-order valence-electron chi connectivity index (χ2n) is 12.9. The summed E-state index contributed by atoms with van der Waals surface area (Å²) >= 11 is 0. The van der Waals surface area contributed by atoms with Crippen LogP contribution in [0.4, 0.5) is 0 Å². The number of Topliss-reactive ketones (excluding diaryl/α,β-unsaturated/α-hetero) is 2. The monoisotopic (exact) mass is 549 g/mol. The number of carbonyl (C=O) groups is 3. The molecule has 2 aliphatic carbocycles. The molecule has 0 aromatic heterocycles. The number of rotatable bonds is 10. The fourth-order valence-corrected chi connectivity index (χ4v) is 6.54. The van der Waals surface area contributed by atoms with E-state index in [0.717, 1.165) is 28.9 Å². The van der Waals surface area contributed by atoms with Crippen molar-refractivity contribution in [2.24, 2.45) is 10.8 Å². The molecule has 7 heteroatoms. The maximum absolute atomic E-state index is 14.0. The second kappa shape index (κ2) is 11.3. The highest BCUT2D eigenvalue weighted by atomic mass is 16.5. The van der Waals surface area contributed by atoms with E-state index >= 15 is 0 Å². The lowest BCUT2D eigenvalue weighted by molar-refractivity contribution is -0.137. The lowest BCUT2D eigenvalue weighted by Gasteiger charge is -2.49. The number of aliphatic carboxylic acids is 1. The minimum atomic E-state index is -0.907. The van der Waals surface area contributed by atoms with Gasteiger partial charge in [0.05, 0.1) is 20.1 Å². The van der Waals surface area contributed by atoms with Crippen LogP contribution in [0.3, 0.4) is 0 Å². The lowest BCUT2D eigenvalue weighted by atomic mass is 9.63. The number of nitrogens with zero attached hydrogens (tertiary/aromatic N) is 1. The first-order chi connectivity index (χ1) is 18.8. The summed E-state index contributed by atoms with van der Waals surface area (Å²) in [6.07, 6.45) is 5.10. The summed E-state index contributed by atoms with van der Waals surface area (Å²) in [4.78, 5) is 41.7. The molecule has 0 bridgehead atoms. The van der Waals surface area contributed by atoms with E-state index in [1.54, 1.807) is 7.11 Å². The average Bonchev–Trinajstić information content (AvgIpc) is 2.84. The Bertz CT molecular complexity index is 1240. The number of carboxylic acid groups (broad SMARTS) is 1. The number of allylic oxidation sites excluding steroid dienone is 5. The molecule has 0 saturated carbocycles. The van der Waals surface area contributed by atoms with Crippen LogP contribution in [0.1, 0.15) is 90.2 Å². The van der Waals surface area contributed by atoms with E-state index in [-0.39, 0.29) is 35.4 Å². The van der Waals surface area contributed by atoms with Crippen molar-refractivity contribution in [1.29, 1.82) is 0 Å². The zero-order valence-electron chi connectivity index (χ0n) is 24.8. The molecule has 216 valence electrons. The van der Waals surface area contributed by atoms with Crippen molar-refractivity contribution in [3.8, 4) is 11.5 Å². The molecular formula is C33H43NO6. The molecule has 0 spiro atoms. The van der Waals surface area contributed by atoms with E-state index in [0.29, 0.717) is 61.4 Å². The molecule has 0 atom stereocenters. The summed E-state index contributed by atoms with van der Waals surface area (Å²) < 4.78 is 11.9. The van der Waals surface area contributed by atoms with Crippen molar-refractivity contribution in [3.63, 3.8) is 0 Å². The average molecular weight is 550 g/mol. The van der Waals surface area contributed by atoms with E-state index in [9.17, 15) is 19.5 Å². The number of carbonyl (C=O) groups excluding carboxylic acids is 2. The van der Waals surface area contributed by atoms with Gasteiger partial charge in [0.2, 0.25) is 0 Å². The van der Waals surface area contributed by atoms with Gasteiger partial charge in [-0.3, -0.25) is 14.4 Å². The standard InChI is InChI=1S/C33H43NO6/c1-8-10-20-14-21(15-26(39-7)31(20)40-13-9-2)28-29-22(16-32(3,4)18-24(29)35)34(12-11-27(37)38)23-17-33(5,6)19-25(36)30(23)28/h8,14-15,28H,1,9-13,16-19H2,2-7H3,(H,37,38). The van der Waals surface area contributed by atoms with Crippen LogP contribution in [0.15, 0.2) is 47.3 Å². The lowest BCUT2D eigenvalue weighted by Crippen LogP contribution is -2.45. The summed E-state index contributed by atoms with van der Waals surface area (Å²) in [6, 6.07) is 3.94. The number of methoxy groups -OCH3 is 1. The third-order valence-corrected chi connectivity index (χ3v) is 8.09. The molecule has 0 saturated heterocycles. The predicted octanol–water partition coefficient (Wildman–Crippen LogP) is 6.37. The van der Waals surface area contributed by atoms with Gasteiger partial charge in [0.1, 0.15) is 0 Å². The zero-order chi connectivity index (χ0) is 29.4. The van der Waals surface area contributed by atoms with E-state index in [2.05, 4.69) is 34.3 Å². The molecule has 0 unspecified atom stereocenters. The highest BCUT2D eigenvalue weighted by molar-refractivity contribution is 6.07. The van der Waals surface area contributed by atoms with Gasteiger partial charge in [-0.1, -0.05) is 46.8 Å². The Morgan fingerprint density at radius 3 is 2.10 bits per heavy atom. The molecule has 1 aromatic rings. The highest BCUT2D eigenvalue weighted by Gasteiger charge is 2.49. The van der Waals surface area contributed by atoms with Crippen molar-refractivity contribution < 1.29 is 29.0 Å². The number of hydrogen-bond donors (Lipinski definition) is 1. The maximum Gasteiger partial charge on any atom is 0.305 e. The highest BCUT2D eigenvalue weighted by Crippen LogP contribution is 2.55. The van der Waals surface area contributed by atoms with Crippen LogP contribution in [-0.4, -0.2) is 47.8 Å². The Hall–Kier alpha value is -3.35. The SMILES string of the molecule is C=CCc1cc(C2C3=C(CC(C)(C)CC3=O)N(CCC(=O)O)C3=C2C(=O)CC(C)(C)C3)cc(OC)c1OCCC. The van der Waals surface area contributed by atoms with Gasteiger partial charge < -0.3 is 19.5 Å². The molecule has 0 fully saturated rings. The van der Waals surface area contributed by atoms with Crippen LogP contribution in [-0.2, 0) is 20.8 Å². The van der Waals surface area contributed by atoms with E-state index in [4.69, 9.17) is 9.47 Å². The normalized spacial score (nSPS) is 20.3. The number of hydrogen-bond acceptors (Lipinski definition) is 6. The number of ether oxygens (including phenoxy) is 2. The van der Waals surface area contributed by atoms with E-state index in [1.165, 1.54) is 0 Å². The molecule has 1 aromatic carbocycles. The molecule has 7 nitrogen and oxygen atoms in total. The molecular weight excluding hydrogens is 506 g/mol. The first-order valence-electron chi connectivity index (χ1n) is 14.3. The van der Waals surface area contributed by atoms with E-state index in [1.807, 2.05) is 30.0 Å². The van der Waals surface area contributed by atoms with Crippen molar-refractivity contribution in [3.05, 3.63) is 58.5 Å². The van der Waals surface area contributed by atoms with Crippen molar-refractivity contribution >= 4 is 17.5 Å². The minimum absolute atomic E-state index is 0.0105. The molecule has 1 N–H and O–H groups in total. The summed E-state index contributed by atoms with van der Waals surface area (Å²) in [6.45, 7) is 15.0. The number of carboxylic acids is 1. The van der Waals surface area contributed by atoms with Gasteiger partial charge >= 0.3 is 5.97 Å². The van der Waals surface area contributed by atoms with Gasteiger partial charge in [0.25, 0.3) is 0 Å². The second-order valence-corrected chi connectivity index (χ2v) is 12.9. The Balaban J connectivity index is 2.01. The van der Waals surface area contributed by atoms with Crippen LogP contribution in [0.25, 0.3) is 0 Å². The predicted molar refractivity (Wildman–Crippen MR) is 154 cm³/mol. The summed E-state index contributed by atoms with van der Waals surface area (Å²) in [5, 5.41) is 9.58. The smallest absolute Gasteiger partial charge is 0.305 e. The van der Waals surface area contributed by atoms with Gasteiger partial charge in [0, 0.05) is 53.4 Å². The minimum Gasteiger partial charge on any atom is -0.493 e. The third-order valence-electron chi connectivity index (χ3n) is 8.09. The summed E-state index contributed by atoms with van der Waals surface area (Å²) in [5.41, 5.74) is 4.09. The quantitative estimate of drug-likeness (QED) is 0.339. The Kier molecular flexibility index (Phi) is 8.34. The molecule has 4 rings (SSSR count). The number of benzene rings is 1. The van der Waals surface area contributed by atoms with Crippen LogP contribution in [0.2, 0.25) is 0 Å². The number of ketones is 2. The fraction of sp³-hybridized carbons (Fsp3) is 0.545.